The molecule has 0 aliphatic carbocycles. The Morgan fingerprint density at radius 1 is 1.35 bits per heavy atom. The second kappa shape index (κ2) is 6.34. The first-order valence-corrected chi connectivity index (χ1v) is 6.47. The van der Waals surface area contributed by atoms with Gasteiger partial charge in [-0.15, -0.1) is 0 Å². The number of fused-ring (bicyclic) bond motifs is 1. The number of carbonyl (C=O) groups is 1. The summed E-state index contributed by atoms with van der Waals surface area (Å²) in [5.74, 6) is -0.104. The Kier molecular flexibility index (Phi) is 4.53. The number of amides is 1. The lowest BCUT2D eigenvalue weighted by Gasteiger charge is -2.11. The first kappa shape index (κ1) is 14.3. The summed E-state index contributed by atoms with van der Waals surface area (Å²) in [4.78, 5) is 23.7. The SMILES string of the molecule is COCCNC(=O)Cn1ccc(=O)c2cc(C)ccc21. The van der Waals surface area contributed by atoms with Gasteiger partial charge in [-0.25, -0.2) is 0 Å². The van der Waals surface area contributed by atoms with Crippen molar-refractivity contribution in [1.29, 1.82) is 0 Å². The fourth-order valence-electron chi connectivity index (χ4n) is 2.07. The number of pyridine rings is 1. The highest BCUT2D eigenvalue weighted by Gasteiger charge is 2.06. The molecule has 0 saturated heterocycles. The molecule has 106 valence electrons. The van der Waals surface area contributed by atoms with Gasteiger partial charge in [-0.2, -0.15) is 0 Å². The molecule has 0 fully saturated rings. The zero-order valence-corrected chi connectivity index (χ0v) is 11.7. The Morgan fingerprint density at radius 2 is 2.15 bits per heavy atom. The van der Waals surface area contributed by atoms with Crippen LogP contribution in [0.2, 0.25) is 0 Å². The second-order valence-corrected chi connectivity index (χ2v) is 4.67. The van der Waals surface area contributed by atoms with Gasteiger partial charge in [-0.3, -0.25) is 9.59 Å². The highest BCUT2D eigenvalue weighted by molar-refractivity contribution is 5.82. The minimum atomic E-state index is -0.104. The molecular weight excluding hydrogens is 256 g/mol. The normalized spacial score (nSPS) is 10.7. The fourth-order valence-corrected chi connectivity index (χ4v) is 2.07. The van der Waals surface area contributed by atoms with Crippen molar-refractivity contribution in [2.24, 2.45) is 0 Å². The first-order valence-electron chi connectivity index (χ1n) is 6.47. The van der Waals surface area contributed by atoms with Crippen LogP contribution in [0.3, 0.4) is 0 Å². The van der Waals surface area contributed by atoms with Crippen molar-refractivity contribution in [2.45, 2.75) is 13.5 Å². The topological polar surface area (TPSA) is 60.3 Å². The Labute approximate surface area is 117 Å². The molecule has 0 spiro atoms. The Bertz CT molecular complexity index is 676. The van der Waals surface area contributed by atoms with Crippen molar-refractivity contribution >= 4 is 16.8 Å². The summed E-state index contributed by atoms with van der Waals surface area (Å²) in [6, 6.07) is 7.14. The molecule has 2 rings (SSSR count). The van der Waals surface area contributed by atoms with E-state index < -0.39 is 0 Å². The number of benzene rings is 1. The molecule has 0 radical (unpaired) electrons. The van der Waals surface area contributed by atoms with Gasteiger partial charge in [0.05, 0.1) is 12.1 Å². The standard InChI is InChI=1S/C15H18N2O3/c1-11-3-4-13-12(9-11)14(18)5-7-17(13)10-15(19)16-6-8-20-2/h3-5,7,9H,6,8,10H2,1-2H3,(H,16,19). The number of methoxy groups -OCH3 is 1. The number of nitrogens with one attached hydrogen (secondary N) is 1. The quantitative estimate of drug-likeness (QED) is 0.830. The van der Waals surface area contributed by atoms with E-state index >= 15 is 0 Å². The summed E-state index contributed by atoms with van der Waals surface area (Å²) in [5, 5.41) is 3.40. The van der Waals surface area contributed by atoms with Gasteiger partial charge in [0.25, 0.3) is 0 Å². The Morgan fingerprint density at radius 3 is 2.90 bits per heavy atom. The van der Waals surface area contributed by atoms with Gasteiger partial charge in [-0.1, -0.05) is 11.6 Å². The Balaban J connectivity index is 2.25. The van der Waals surface area contributed by atoms with E-state index in [9.17, 15) is 9.59 Å². The van der Waals surface area contributed by atoms with Crippen LogP contribution >= 0.6 is 0 Å². The fraction of sp³-hybridized carbons (Fsp3) is 0.333. The van der Waals surface area contributed by atoms with Crippen molar-refractivity contribution < 1.29 is 9.53 Å². The van der Waals surface area contributed by atoms with E-state index in [1.54, 1.807) is 17.9 Å². The van der Waals surface area contributed by atoms with E-state index in [4.69, 9.17) is 4.74 Å². The van der Waals surface area contributed by atoms with Crippen LogP contribution in [-0.2, 0) is 16.1 Å². The van der Waals surface area contributed by atoms with Crippen LogP contribution in [0.4, 0.5) is 0 Å². The molecule has 0 bridgehead atoms. The van der Waals surface area contributed by atoms with Crippen LogP contribution in [0.1, 0.15) is 5.56 Å². The van der Waals surface area contributed by atoms with Crippen molar-refractivity contribution in [1.82, 2.24) is 9.88 Å². The molecule has 1 heterocycles. The smallest absolute Gasteiger partial charge is 0.240 e. The number of rotatable bonds is 5. The van der Waals surface area contributed by atoms with Gasteiger partial charge in [0, 0.05) is 31.3 Å². The maximum Gasteiger partial charge on any atom is 0.240 e. The van der Waals surface area contributed by atoms with Crippen molar-refractivity contribution in [3.05, 3.63) is 46.2 Å². The molecule has 1 amide bonds. The van der Waals surface area contributed by atoms with E-state index in [2.05, 4.69) is 5.32 Å². The summed E-state index contributed by atoms with van der Waals surface area (Å²) in [6.07, 6.45) is 1.65. The molecular formula is C15H18N2O3. The molecule has 5 nitrogen and oxygen atoms in total. The zero-order valence-electron chi connectivity index (χ0n) is 11.7. The van der Waals surface area contributed by atoms with Gasteiger partial charge < -0.3 is 14.6 Å². The third-order valence-electron chi connectivity index (χ3n) is 3.08. The zero-order chi connectivity index (χ0) is 14.5. The van der Waals surface area contributed by atoms with Crippen LogP contribution in [0.25, 0.3) is 10.9 Å². The largest absolute Gasteiger partial charge is 0.383 e. The van der Waals surface area contributed by atoms with Gasteiger partial charge in [0.1, 0.15) is 6.54 Å². The van der Waals surface area contributed by atoms with E-state index in [-0.39, 0.29) is 17.9 Å². The van der Waals surface area contributed by atoms with Crippen LogP contribution in [-0.4, -0.2) is 30.7 Å². The van der Waals surface area contributed by atoms with E-state index in [0.29, 0.717) is 18.5 Å². The number of ether oxygens (including phenoxy) is 1. The monoisotopic (exact) mass is 274 g/mol. The molecule has 5 heteroatoms. The summed E-state index contributed by atoms with van der Waals surface area (Å²) in [7, 11) is 1.59. The van der Waals surface area contributed by atoms with Crippen molar-refractivity contribution in [3.63, 3.8) is 0 Å². The first-order chi connectivity index (χ1) is 9.61. The maximum absolute atomic E-state index is 11.8. The molecule has 0 atom stereocenters. The van der Waals surface area contributed by atoms with Crippen molar-refractivity contribution in [2.75, 3.05) is 20.3 Å². The number of hydrogen-bond acceptors (Lipinski definition) is 3. The molecule has 2 aromatic rings. The van der Waals surface area contributed by atoms with Gasteiger partial charge in [0.2, 0.25) is 5.91 Å². The molecule has 0 unspecified atom stereocenters. The number of aryl methyl sites for hydroxylation is 1. The minimum absolute atomic E-state index is 0.0280. The third kappa shape index (κ3) is 3.24. The summed E-state index contributed by atoms with van der Waals surface area (Å²) in [5.41, 5.74) is 1.77. The molecule has 20 heavy (non-hydrogen) atoms. The lowest BCUT2D eigenvalue weighted by atomic mass is 10.1. The average Bonchev–Trinajstić information content (AvgIpc) is 2.42. The van der Waals surface area contributed by atoms with Gasteiger partial charge in [0.15, 0.2) is 5.43 Å². The second-order valence-electron chi connectivity index (χ2n) is 4.67. The summed E-state index contributed by atoms with van der Waals surface area (Å²) in [6.45, 7) is 3.08. The number of carbonyl (C=O) groups excluding carboxylic acids is 1. The molecule has 1 aromatic heterocycles. The lowest BCUT2D eigenvalue weighted by Crippen LogP contribution is -2.30. The average molecular weight is 274 g/mol. The lowest BCUT2D eigenvalue weighted by molar-refractivity contribution is -0.121. The highest BCUT2D eigenvalue weighted by Crippen LogP contribution is 2.12. The summed E-state index contributed by atoms with van der Waals surface area (Å²) >= 11 is 0. The van der Waals surface area contributed by atoms with Crippen LogP contribution in [0, 0.1) is 6.92 Å². The van der Waals surface area contributed by atoms with E-state index in [1.807, 2.05) is 25.1 Å². The Hall–Kier alpha value is -2.14. The van der Waals surface area contributed by atoms with E-state index in [0.717, 1.165) is 11.1 Å². The third-order valence-corrected chi connectivity index (χ3v) is 3.08. The predicted octanol–water partition coefficient (Wildman–Crippen LogP) is 1.07. The number of nitrogens with zero attached hydrogens (tertiary/aromatic N) is 1. The summed E-state index contributed by atoms with van der Waals surface area (Å²) < 4.78 is 6.65. The molecule has 1 N–H and O–H groups in total. The highest BCUT2D eigenvalue weighted by atomic mass is 16.5. The van der Waals surface area contributed by atoms with Crippen LogP contribution in [0.15, 0.2) is 35.3 Å². The molecule has 0 aliphatic rings. The van der Waals surface area contributed by atoms with Crippen molar-refractivity contribution in [3.8, 4) is 0 Å². The van der Waals surface area contributed by atoms with E-state index in [1.165, 1.54) is 6.07 Å². The van der Waals surface area contributed by atoms with Crippen LogP contribution < -0.4 is 10.7 Å². The van der Waals surface area contributed by atoms with Gasteiger partial charge in [-0.05, 0) is 19.1 Å². The molecule has 0 saturated carbocycles. The number of hydrogen-bond donors (Lipinski definition) is 1. The molecule has 0 aliphatic heterocycles. The van der Waals surface area contributed by atoms with Crippen LogP contribution in [0.5, 0.6) is 0 Å². The predicted molar refractivity (Wildman–Crippen MR) is 77.8 cm³/mol. The molecule has 1 aromatic carbocycles. The van der Waals surface area contributed by atoms with Gasteiger partial charge >= 0.3 is 0 Å². The number of aromatic nitrogens is 1. The minimum Gasteiger partial charge on any atom is -0.383 e. The maximum atomic E-state index is 11.8.